The quantitative estimate of drug-likeness (QED) is 0.878. The van der Waals surface area contributed by atoms with Gasteiger partial charge in [0.15, 0.2) is 0 Å². The van der Waals surface area contributed by atoms with Crippen LogP contribution in [0.4, 0.5) is 0 Å². The Labute approximate surface area is 112 Å². The van der Waals surface area contributed by atoms with E-state index in [0.29, 0.717) is 11.7 Å². The van der Waals surface area contributed by atoms with Gasteiger partial charge in [-0.1, -0.05) is 18.6 Å². The van der Waals surface area contributed by atoms with Crippen molar-refractivity contribution in [2.75, 3.05) is 12.3 Å². The number of phenolic OH excluding ortho intramolecular Hbond substituents is 1. The Morgan fingerprint density at radius 2 is 2.33 bits per heavy atom. The van der Waals surface area contributed by atoms with E-state index >= 15 is 0 Å². The highest BCUT2D eigenvalue weighted by Crippen LogP contribution is 2.24. The molecule has 1 saturated heterocycles. The first-order valence-corrected chi connectivity index (χ1v) is 7.45. The molecule has 2 rings (SSSR count). The molecule has 1 fully saturated rings. The Morgan fingerprint density at radius 3 is 3.06 bits per heavy atom. The largest absolute Gasteiger partial charge is 0.508 e. The van der Waals surface area contributed by atoms with Crippen molar-refractivity contribution in [3.63, 3.8) is 0 Å². The summed E-state index contributed by atoms with van der Waals surface area (Å²) in [5, 5.41) is 12.9. The lowest BCUT2D eigenvalue weighted by atomic mass is 10.1. The Hall–Kier alpha value is -1.16. The predicted octanol–water partition coefficient (Wildman–Crippen LogP) is 2.34. The fourth-order valence-electron chi connectivity index (χ4n) is 2.11. The van der Waals surface area contributed by atoms with Gasteiger partial charge in [-0.25, -0.2) is 0 Å². The van der Waals surface area contributed by atoms with Gasteiger partial charge in [0.25, 0.3) is 0 Å². The van der Waals surface area contributed by atoms with E-state index in [2.05, 4.69) is 5.32 Å². The highest BCUT2D eigenvalue weighted by atomic mass is 32.2. The second-order valence-corrected chi connectivity index (χ2v) is 6.05. The molecule has 1 aromatic rings. The van der Waals surface area contributed by atoms with Crippen molar-refractivity contribution in [3.05, 3.63) is 29.8 Å². The fraction of sp³-hybridized carbons (Fsp3) is 0.500. The van der Waals surface area contributed by atoms with Gasteiger partial charge in [0.1, 0.15) is 5.75 Å². The van der Waals surface area contributed by atoms with E-state index in [1.807, 2.05) is 17.8 Å². The van der Waals surface area contributed by atoms with Crippen molar-refractivity contribution in [1.82, 2.24) is 5.32 Å². The lowest BCUT2D eigenvalue weighted by molar-refractivity contribution is -0.120. The summed E-state index contributed by atoms with van der Waals surface area (Å²) in [6.45, 7) is 0.766. The maximum Gasteiger partial charge on any atom is 0.224 e. The van der Waals surface area contributed by atoms with Gasteiger partial charge in [-0.3, -0.25) is 4.79 Å². The lowest BCUT2D eigenvalue weighted by Gasteiger charge is -2.21. The van der Waals surface area contributed by atoms with Crippen LogP contribution in [0.3, 0.4) is 0 Å². The van der Waals surface area contributed by atoms with E-state index in [9.17, 15) is 9.90 Å². The predicted molar refractivity (Wildman–Crippen MR) is 74.9 cm³/mol. The Morgan fingerprint density at radius 1 is 1.44 bits per heavy atom. The molecule has 1 aliphatic heterocycles. The van der Waals surface area contributed by atoms with Crippen molar-refractivity contribution in [3.8, 4) is 5.75 Å². The monoisotopic (exact) mass is 265 g/mol. The molecule has 3 nitrogen and oxygen atoms in total. The fourth-order valence-corrected chi connectivity index (χ4v) is 3.35. The molecule has 1 atom stereocenters. The standard InChI is InChI=1S/C14H19NO2S/c16-12-5-3-4-11(8-12)9-14(17)15-10-13-6-1-2-7-18-13/h3-5,8,13,16H,1-2,6-7,9-10H2,(H,15,17). The van der Waals surface area contributed by atoms with Crippen molar-refractivity contribution in [1.29, 1.82) is 0 Å². The van der Waals surface area contributed by atoms with E-state index in [-0.39, 0.29) is 11.7 Å². The van der Waals surface area contributed by atoms with Crippen LogP contribution >= 0.6 is 11.8 Å². The summed E-state index contributed by atoms with van der Waals surface area (Å²) in [6, 6.07) is 6.86. The summed E-state index contributed by atoms with van der Waals surface area (Å²) in [6.07, 6.45) is 4.13. The second-order valence-electron chi connectivity index (χ2n) is 4.64. The van der Waals surface area contributed by atoms with Crippen molar-refractivity contribution in [2.45, 2.75) is 30.9 Å². The van der Waals surface area contributed by atoms with Crippen LogP contribution in [0.25, 0.3) is 0 Å². The number of aromatic hydroxyl groups is 1. The smallest absolute Gasteiger partial charge is 0.224 e. The van der Waals surface area contributed by atoms with Gasteiger partial charge in [-0.2, -0.15) is 11.8 Å². The Bertz CT molecular complexity index is 403. The van der Waals surface area contributed by atoms with E-state index in [0.717, 1.165) is 12.1 Å². The van der Waals surface area contributed by atoms with E-state index in [1.54, 1.807) is 18.2 Å². The van der Waals surface area contributed by atoms with Crippen molar-refractivity contribution < 1.29 is 9.90 Å². The normalized spacial score (nSPS) is 19.4. The van der Waals surface area contributed by atoms with Crippen molar-refractivity contribution >= 4 is 17.7 Å². The summed E-state index contributed by atoms with van der Waals surface area (Å²) < 4.78 is 0. The molecule has 1 heterocycles. The van der Waals surface area contributed by atoms with E-state index in [4.69, 9.17) is 0 Å². The minimum atomic E-state index is 0.0340. The highest BCUT2D eigenvalue weighted by Gasteiger charge is 2.14. The first kappa shape index (κ1) is 13.3. The zero-order chi connectivity index (χ0) is 12.8. The number of carbonyl (C=O) groups is 1. The van der Waals surface area contributed by atoms with Gasteiger partial charge in [0, 0.05) is 11.8 Å². The number of hydrogen-bond acceptors (Lipinski definition) is 3. The van der Waals surface area contributed by atoms with Crippen LogP contribution in [0.1, 0.15) is 24.8 Å². The molecule has 0 saturated carbocycles. The number of hydrogen-bond donors (Lipinski definition) is 2. The van der Waals surface area contributed by atoms with Crippen LogP contribution in [0.2, 0.25) is 0 Å². The van der Waals surface area contributed by atoms with Gasteiger partial charge in [0.2, 0.25) is 5.91 Å². The van der Waals surface area contributed by atoms with Gasteiger partial charge in [-0.05, 0) is 36.3 Å². The number of amides is 1. The van der Waals surface area contributed by atoms with Gasteiger partial charge in [0.05, 0.1) is 6.42 Å². The molecule has 1 amide bonds. The average Bonchev–Trinajstić information content (AvgIpc) is 2.38. The van der Waals surface area contributed by atoms with Gasteiger partial charge in [-0.15, -0.1) is 0 Å². The molecule has 1 unspecified atom stereocenters. The third-order valence-electron chi connectivity index (χ3n) is 3.08. The molecule has 98 valence electrons. The zero-order valence-electron chi connectivity index (χ0n) is 10.4. The summed E-state index contributed by atoms with van der Waals surface area (Å²) in [5.74, 6) is 1.46. The summed E-state index contributed by atoms with van der Waals surface area (Å²) in [4.78, 5) is 11.8. The molecule has 18 heavy (non-hydrogen) atoms. The summed E-state index contributed by atoms with van der Waals surface area (Å²) in [5.41, 5.74) is 0.851. The minimum Gasteiger partial charge on any atom is -0.508 e. The molecular weight excluding hydrogens is 246 g/mol. The molecule has 4 heteroatoms. The van der Waals surface area contributed by atoms with Crippen LogP contribution in [-0.4, -0.2) is 28.6 Å². The van der Waals surface area contributed by atoms with Crippen LogP contribution in [0, 0.1) is 0 Å². The van der Waals surface area contributed by atoms with Crippen LogP contribution in [0.15, 0.2) is 24.3 Å². The lowest BCUT2D eigenvalue weighted by Crippen LogP contribution is -2.32. The van der Waals surface area contributed by atoms with E-state index in [1.165, 1.54) is 25.0 Å². The zero-order valence-corrected chi connectivity index (χ0v) is 11.2. The molecule has 0 aromatic heterocycles. The second kappa shape index (κ2) is 6.69. The number of phenols is 1. The van der Waals surface area contributed by atoms with Gasteiger partial charge < -0.3 is 10.4 Å². The number of rotatable bonds is 4. The first-order valence-electron chi connectivity index (χ1n) is 6.40. The Kier molecular flexibility index (Phi) is 4.93. The maximum atomic E-state index is 11.8. The topological polar surface area (TPSA) is 49.3 Å². The van der Waals surface area contributed by atoms with Crippen molar-refractivity contribution in [2.24, 2.45) is 0 Å². The van der Waals surface area contributed by atoms with Gasteiger partial charge >= 0.3 is 0 Å². The number of benzene rings is 1. The molecule has 0 radical (unpaired) electrons. The molecule has 1 aromatic carbocycles. The third kappa shape index (κ3) is 4.26. The van der Waals surface area contributed by atoms with Crippen LogP contribution < -0.4 is 5.32 Å². The molecule has 0 bridgehead atoms. The highest BCUT2D eigenvalue weighted by molar-refractivity contribution is 7.99. The average molecular weight is 265 g/mol. The Balaban J connectivity index is 1.74. The summed E-state index contributed by atoms with van der Waals surface area (Å²) in [7, 11) is 0. The molecule has 0 aliphatic carbocycles. The minimum absolute atomic E-state index is 0.0340. The third-order valence-corrected chi connectivity index (χ3v) is 4.47. The van der Waals surface area contributed by atoms with Crippen LogP contribution in [0.5, 0.6) is 5.75 Å². The molecular formula is C14H19NO2S. The maximum absolute atomic E-state index is 11.8. The van der Waals surface area contributed by atoms with Crippen LogP contribution in [-0.2, 0) is 11.2 Å². The first-order chi connectivity index (χ1) is 8.74. The number of thioether (sulfide) groups is 1. The summed E-state index contributed by atoms with van der Waals surface area (Å²) >= 11 is 1.96. The molecule has 0 spiro atoms. The molecule has 1 aliphatic rings. The number of carbonyl (C=O) groups excluding carboxylic acids is 1. The number of nitrogens with one attached hydrogen (secondary N) is 1. The molecule has 2 N–H and O–H groups in total. The SMILES string of the molecule is O=C(Cc1cccc(O)c1)NCC1CCCCS1. The van der Waals surface area contributed by atoms with E-state index < -0.39 is 0 Å².